The number of nitrogens with one attached hydrogen (secondary N) is 1. The van der Waals surface area contributed by atoms with Gasteiger partial charge in [-0.3, -0.25) is 9.59 Å². The van der Waals surface area contributed by atoms with Crippen LogP contribution in [0.4, 0.5) is 0 Å². The van der Waals surface area contributed by atoms with Gasteiger partial charge in [-0.25, -0.2) is 0 Å². The number of amides is 1. The topological polar surface area (TPSA) is 55.4 Å². The maximum atomic E-state index is 12.3. The lowest BCUT2D eigenvalue weighted by Gasteiger charge is -2.18. The van der Waals surface area contributed by atoms with E-state index < -0.39 is 12.0 Å². The van der Waals surface area contributed by atoms with Gasteiger partial charge in [-0.2, -0.15) is 0 Å². The molecule has 2 aromatic carbocycles. The van der Waals surface area contributed by atoms with Gasteiger partial charge in [0, 0.05) is 10.0 Å². The van der Waals surface area contributed by atoms with Crippen LogP contribution in [0.1, 0.15) is 23.6 Å². The van der Waals surface area contributed by atoms with Gasteiger partial charge < -0.3 is 10.1 Å². The predicted octanol–water partition coefficient (Wildman–Crippen LogP) is 3.96. The number of benzene rings is 2. The number of hydrogen-bond donors (Lipinski definition) is 1. The first-order valence-electron chi connectivity index (χ1n) is 7.34. The second-order valence-electron chi connectivity index (χ2n) is 5.22. The monoisotopic (exact) mass is 365 g/mol. The van der Waals surface area contributed by atoms with Crippen LogP contribution < -0.4 is 5.32 Å². The van der Waals surface area contributed by atoms with Crippen LogP contribution in [-0.4, -0.2) is 19.0 Å². The van der Waals surface area contributed by atoms with Crippen LogP contribution in [0.5, 0.6) is 0 Å². The molecule has 1 amide bonds. The molecule has 1 atom stereocenters. The van der Waals surface area contributed by atoms with Crippen LogP contribution in [-0.2, 0) is 20.7 Å². The predicted molar refractivity (Wildman–Crippen MR) is 94.1 cm³/mol. The van der Waals surface area contributed by atoms with Gasteiger partial charge in [0.05, 0.1) is 26.0 Å². The van der Waals surface area contributed by atoms with Crippen LogP contribution in [0.15, 0.2) is 48.5 Å². The van der Waals surface area contributed by atoms with Gasteiger partial charge in [0.1, 0.15) is 0 Å². The van der Waals surface area contributed by atoms with Crippen molar-refractivity contribution in [1.29, 1.82) is 0 Å². The molecule has 4 nitrogen and oxygen atoms in total. The quantitative estimate of drug-likeness (QED) is 0.788. The molecule has 0 spiro atoms. The molecule has 1 N–H and O–H groups in total. The Morgan fingerprint density at radius 2 is 1.83 bits per heavy atom. The third-order valence-corrected chi connectivity index (χ3v) is 4.09. The van der Waals surface area contributed by atoms with Crippen molar-refractivity contribution in [2.45, 2.75) is 18.9 Å². The van der Waals surface area contributed by atoms with Crippen LogP contribution in [0, 0.1) is 0 Å². The van der Waals surface area contributed by atoms with Crippen molar-refractivity contribution in [3.05, 3.63) is 69.7 Å². The Bertz CT molecular complexity index is 719. The molecular weight excluding hydrogens is 349 g/mol. The summed E-state index contributed by atoms with van der Waals surface area (Å²) in [5.74, 6) is -0.634. The number of carbonyl (C=O) groups is 2. The summed E-state index contributed by atoms with van der Waals surface area (Å²) in [4.78, 5) is 24.0. The Labute approximate surface area is 150 Å². The largest absolute Gasteiger partial charge is 0.469 e. The number of ether oxygens (including phenoxy) is 1. The lowest BCUT2D eigenvalue weighted by Crippen LogP contribution is -2.31. The molecule has 0 unspecified atom stereocenters. The molecule has 0 aromatic heterocycles. The number of rotatable bonds is 6. The average molecular weight is 366 g/mol. The van der Waals surface area contributed by atoms with Crippen molar-refractivity contribution in [3.63, 3.8) is 0 Å². The van der Waals surface area contributed by atoms with Gasteiger partial charge >= 0.3 is 5.97 Å². The van der Waals surface area contributed by atoms with Crippen molar-refractivity contribution in [3.8, 4) is 0 Å². The molecule has 6 heteroatoms. The number of halogens is 2. The van der Waals surface area contributed by atoms with Crippen molar-refractivity contribution in [1.82, 2.24) is 5.32 Å². The van der Waals surface area contributed by atoms with E-state index in [1.807, 2.05) is 30.3 Å². The van der Waals surface area contributed by atoms with E-state index in [0.717, 1.165) is 5.56 Å². The molecule has 24 heavy (non-hydrogen) atoms. The van der Waals surface area contributed by atoms with Crippen molar-refractivity contribution in [2.24, 2.45) is 0 Å². The Morgan fingerprint density at radius 3 is 2.46 bits per heavy atom. The molecule has 126 valence electrons. The molecule has 0 aliphatic rings. The van der Waals surface area contributed by atoms with E-state index >= 15 is 0 Å². The number of carbonyl (C=O) groups excluding carboxylic acids is 2. The first kappa shape index (κ1) is 18.3. The van der Waals surface area contributed by atoms with E-state index in [-0.39, 0.29) is 18.7 Å². The Kier molecular flexibility index (Phi) is 6.64. The maximum absolute atomic E-state index is 12.3. The summed E-state index contributed by atoms with van der Waals surface area (Å²) in [6.45, 7) is 0. The number of esters is 1. The van der Waals surface area contributed by atoms with Crippen LogP contribution in [0.3, 0.4) is 0 Å². The van der Waals surface area contributed by atoms with Crippen LogP contribution in [0.25, 0.3) is 0 Å². The molecule has 0 aliphatic carbocycles. The minimum Gasteiger partial charge on any atom is -0.469 e. The van der Waals surface area contributed by atoms with Gasteiger partial charge in [0.2, 0.25) is 5.91 Å². The summed E-state index contributed by atoms with van der Waals surface area (Å²) in [5, 5.41) is 3.80. The van der Waals surface area contributed by atoms with Crippen LogP contribution in [0.2, 0.25) is 10.0 Å². The molecule has 2 rings (SSSR count). The Balaban J connectivity index is 2.10. The fourth-order valence-electron chi connectivity index (χ4n) is 2.27. The first-order valence-corrected chi connectivity index (χ1v) is 8.10. The van der Waals surface area contributed by atoms with Crippen LogP contribution >= 0.6 is 23.2 Å². The number of methoxy groups -OCH3 is 1. The van der Waals surface area contributed by atoms with E-state index in [9.17, 15) is 9.59 Å². The van der Waals surface area contributed by atoms with Gasteiger partial charge in [-0.15, -0.1) is 0 Å². The van der Waals surface area contributed by atoms with E-state index in [4.69, 9.17) is 27.9 Å². The van der Waals surface area contributed by atoms with E-state index in [1.165, 1.54) is 7.11 Å². The summed E-state index contributed by atoms with van der Waals surface area (Å²) in [7, 11) is 1.32. The lowest BCUT2D eigenvalue weighted by atomic mass is 10.0. The Morgan fingerprint density at radius 1 is 1.12 bits per heavy atom. The second kappa shape index (κ2) is 8.71. The van der Waals surface area contributed by atoms with Crippen molar-refractivity contribution in [2.75, 3.05) is 7.11 Å². The summed E-state index contributed by atoms with van der Waals surface area (Å²) in [6.07, 6.45) is 0.154. The zero-order chi connectivity index (χ0) is 17.5. The molecule has 0 heterocycles. The molecule has 0 bridgehead atoms. The summed E-state index contributed by atoms with van der Waals surface area (Å²) < 4.78 is 4.71. The highest BCUT2D eigenvalue weighted by atomic mass is 35.5. The zero-order valence-corrected chi connectivity index (χ0v) is 14.6. The minimum atomic E-state index is -0.461. The second-order valence-corrected chi connectivity index (χ2v) is 6.07. The molecule has 0 fully saturated rings. The standard InChI is InChI=1S/C18H17Cl2NO3/c1-24-18(23)11-16(12-5-3-2-4-6-12)21-17(22)9-13-7-8-14(19)10-15(13)20/h2-8,10,16H,9,11H2,1H3,(H,21,22)/t16-/m0/s1. The SMILES string of the molecule is COC(=O)C[C@H](NC(=O)Cc1ccc(Cl)cc1Cl)c1ccccc1. The van der Waals surface area contributed by atoms with Crippen molar-refractivity contribution >= 4 is 35.1 Å². The molecule has 2 aromatic rings. The van der Waals surface area contributed by atoms with Crippen molar-refractivity contribution < 1.29 is 14.3 Å². The zero-order valence-electron chi connectivity index (χ0n) is 13.1. The van der Waals surface area contributed by atoms with E-state index in [0.29, 0.717) is 15.6 Å². The minimum absolute atomic E-state index is 0.0562. The van der Waals surface area contributed by atoms with Gasteiger partial charge in [0.15, 0.2) is 0 Å². The fraction of sp³-hybridized carbons (Fsp3) is 0.222. The maximum Gasteiger partial charge on any atom is 0.307 e. The Hall–Kier alpha value is -2.04. The molecule has 0 saturated carbocycles. The van der Waals surface area contributed by atoms with E-state index in [1.54, 1.807) is 18.2 Å². The highest BCUT2D eigenvalue weighted by molar-refractivity contribution is 6.35. The third-order valence-electron chi connectivity index (χ3n) is 3.50. The average Bonchev–Trinajstić information content (AvgIpc) is 2.57. The third kappa shape index (κ3) is 5.25. The van der Waals surface area contributed by atoms with Gasteiger partial charge in [0.25, 0.3) is 0 Å². The molecule has 0 aliphatic heterocycles. The highest BCUT2D eigenvalue weighted by Gasteiger charge is 2.19. The summed E-state index contributed by atoms with van der Waals surface area (Å²) >= 11 is 12.0. The summed E-state index contributed by atoms with van der Waals surface area (Å²) in [6, 6.07) is 13.8. The fourth-order valence-corrected chi connectivity index (χ4v) is 2.75. The molecule has 0 saturated heterocycles. The van der Waals surface area contributed by atoms with E-state index in [2.05, 4.69) is 5.32 Å². The lowest BCUT2D eigenvalue weighted by molar-refractivity contribution is -0.141. The van der Waals surface area contributed by atoms with Gasteiger partial charge in [-0.1, -0.05) is 59.6 Å². The molecule has 0 radical (unpaired) electrons. The highest BCUT2D eigenvalue weighted by Crippen LogP contribution is 2.22. The smallest absolute Gasteiger partial charge is 0.307 e. The molecular formula is C18H17Cl2NO3. The summed E-state index contributed by atoms with van der Waals surface area (Å²) in [5.41, 5.74) is 1.50. The number of hydrogen-bond acceptors (Lipinski definition) is 3. The van der Waals surface area contributed by atoms with Gasteiger partial charge in [-0.05, 0) is 23.3 Å². The first-order chi connectivity index (χ1) is 11.5. The normalized spacial score (nSPS) is 11.6.